The lowest BCUT2D eigenvalue weighted by molar-refractivity contribution is 0.448. The van der Waals surface area contributed by atoms with E-state index in [0.717, 1.165) is 18.6 Å². The number of nitrogens with two attached hydrogens (primary N) is 2. The number of hydrazone groups is 1. The van der Waals surface area contributed by atoms with Crippen LogP contribution in [0, 0.1) is 16.7 Å². The van der Waals surface area contributed by atoms with Crippen LogP contribution in [0.2, 0.25) is 0 Å². The number of nitrogens with zero attached hydrogens (tertiary/aromatic N) is 2. The van der Waals surface area contributed by atoms with Crippen molar-refractivity contribution in [1.82, 2.24) is 0 Å². The zero-order chi connectivity index (χ0) is 10.3. The monoisotopic (exact) mass is 200 g/mol. The van der Waals surface area contributed by atoms with Crippen molar-refractivity contribution in [3.63, 3.8) is 0 Å². The van der Waals surface area contributed by atoms with Gasteiger partial charge in [-0.15, -0.1) is 0 Å². The van der Waals surface area contributed by atoms with Crippen LogP contribution < -0.4 is 11.6 Å². The van der Waals surface area contributed by atoms with Crippen LogP contribution in [0.5, 0.6) is 0 Å². The summed E-state index contributed by atoms with van der Waals surface area (Å²) in [7, 11) is 0. The molecule has 0 unspecified atom stereocenters. The molecule has 0 amide bonds. The Bertz CT molecular complexity index is 217. The lowest BCUT2D eigenvalue weighted by Crippen LogP contribution is -2.11. The highest BCUT2D eigenvalue weighted by Gasteiger charge is 2.15. The van der Waals surface area contributed by atoms with E-state index in [1.54, 1.807) is 0 Å². The average Bonchev–Trinajstić information content (AvgIpc) is 2.12. The van der Waals surface area contributed by atoms with E-state index in [-0.39, 0.29) is 5.41 Å². The molecule has 0 radical (unpaired) electrons. The summed E-state index contributed by atoms with van der Waals surface area (Å²) in [5.41, 5.74) is 5.14. The van der Waals surface area contributed by atoms with Gasteiger partial charge in [0, 0.05) is 5.75 Å². The predicted octanol–water partition coefficient (Wildman–Crippen LogP) is 1.24. The lowest BCUT2D eigenvalue weighted by Gasteiger charge is -2.13. The number of hydrogen-bond donors (Lipinski definition) is 2. The minimum atomic E-state index is -0.241. The van der Waals surface area contributed by atoms with Crippen molar-refractivity contribution in [2.45, 2.75) is 26.7 Å². The molecule has 13 heavy (non-hydrogen) atoms. The van der Waals surface area contributed by atoms with Crippen molar-refractivity contribution in [1.29, 1.82) is 5.26 Å². The molecule has 4 N–H and O–H groups in total. The van der Waals surface area contributed by atoms with Gasteiger partial charge in [0.1, 0.15) is 0 Å². The summed E-state index contributed by atoms with van der Waals surface area (Å²) in [5, 5.41) is 12.5. The second-order valence-electron chi connectivity index (χ2n) is 3.42. The van der Waals surface area contributed by atoms with Gasteiger partial charge in [0.2, 0.25) is 0 Å². The van der Waals surface area contributed by atoms with E-state index in [9.17, 15) is 0 Å². The Kier molecular flexibility index (Phi) is 5.31. The molecule has 74 valence electrons. The summed E-state index contributed by atoms with van der Waals surface area (Å²) in [6.07, 6.45) is 1.82. The molecule has 0 aromatic rings. The maximum absolute atomic E-state index is 8.72. The van der Waals surface area contributed by atoms with Crippen LogP contribution >= 0.6 is 11.8 Å². The molecule has 4 nitrogen and oxygen atoms in total. The molecule has 0 aromatic carbocycles. The third kappa shape index (κ3) is 6.29. The fraction of sp³-hybridized carbons (Fsp3) is 0.750. The first kappa shape index (κ1) is 12.1. The molecule has 0 aliphatic heterocycles. The van der Waals surface area contributed by atoms with Crippen molar-refractivity contribution in [2.75, 3.05) is 5.75 Å². The Hall–Kier alpha value is -0.890. The van der Waals surface area contributed by atoms with Crippen LogP contribution in [0.3, 0.4) is 0 Å². The molecular weight excluding hydrogens is 184 g/mol. The Morgan fingerprint density at radius 2 is 2.23 bits per heavy atom. The van der Waals surface area contributed by atoms with Gasteiger partial charge in [0.05, 0.1) is 11.5 Å². The molecule has 0 bridgehead atoms. The molecule has 0 aliphatic rings. The molecule has 0 spiro atoms. The molecule has 0 fully saturated rings. The first-order valence-corrected chi connectivity index (χ1v) is 5.08. The highest BCUT2D eigenvalue weighted by molar-refractivity contribution is 8.13. The third-order valence-corrected chi connectivity index (χ3v) is 2.52. The third-order valence-electron chi connectivity index (χ3n) is 1.63. The fourth-order valence-corrected chi connectivity index (χ4v) is 1.36. The van der Waals surface area contributed by atoms with Crippen molar-refractivity contribution < 1.29 is 0 Å². The van der Waals surface area contributed by atoms with E-state index in [1.807, 2.05) is 13.8 Å². The van der Waals surface area contributed by atoms with Gasteiger partial charge in [-0.05, 0) is 26.7 Å². The Balaban J connectivity index is 3.54. The van der Waals surface area contributed by atoms with Gasteiger partial charge in [-0.1, -0.05) is 11.8 Å². The molecule has 0 rings (SSSR count). The standard InChI is InChI=1S/C8H16N4S/c1-8(2,6-9)4-3-5-13-7(10)12-11/h3-5,11H2,1-2H3,(H2,10,12). The largest absolute Gasteiger partial charge is 0.377 e. The summed E-state index contributed by atoms with van der Waals surface area (Å²) >= 11 is 1.42. The van der Waals surface area contributed by atoms with Gasteiger partial charge in [-0.3, -0.25) is 0 Å². The normalized spacial score (nSPS) is 12.5. The number of nitriles is 1. The van der Waals surface area contributed by atoms with Crippen LogP contribution in [-0.4, -0.2) is 10.9 Å². The van der Waals surface area contributed by atoms with Crippen LogP contribution in [0.4, 0.5) is 0 Å². The Morgan fingerprint density at radius 3 is 2.69 bits per heavy atom. The second kappa shape index (κ2) is 5.70. The van der Waals surface area contributed by atoms with Gasteiger partial charge in [0.25, 0.3) is 0 Å². The van der Waals surface area contributed by atoms with E-state index >= 15 is 0 Å². The molecule has 5 heteroatoms. The van der Waals surface area contributed by atoms with Crippen molar-refractivity contribution in [3.05, 3.63) is 0 Å². The molecule has 0 aliphatic carbocycles. The highest BCUT2D eigenvalue weighted by atomic mass is 32.2. The van der Waals surface area contributed by atoms with Gasteiger partial charge in [-0.2, -0.15) is 10.4 Å². The quantitative estimate of drug-likeness (QED) is 0.235. The summed E-state index contributed by atoms with van der Waals surface area (Å²) in [5.74, 6) is 5.81. The van der Waals surface area contributed by atoms with Gasteiger partial charge < -0.3 is 11.6 Å². The number of amidine groups is 1. The average molecular weight is 200 g/mol. The van der Waals surface area contributed by atoms with Crippen LogP contribution in [0.1, 0.15) is 26.7 Å². The molecule has 0 atom stereocenters. The Labute approximate surface area is 83.4 Å². The van der Waals surface area contributed by atoms with Gasteiger partial charge in [0.15, 0.2) is 5.17 Å². The van der Waals surface area contributed by atoms with Gasteiger partial charge in [-0.25, -0.2) is 0 Å². The maximum Gasteiger partial charge on any atom is 0.177 e. The highest BCUT2D eigenvalue weighted by Crippen LogP contribution is 2.21. The topological polar surface area (TPSA) is 88.2 Å². The van der Waals surface area contributed by atoms with Crippen LogP contribution in [-0.2, 0) is 0 Å². The van der Waals surface area contributed by atoms with Crippen molar-refractivity contribution >= 4 is 16.9 Å². The van der Waals surface area contributed by atoms with E-state index in [0.29, 0.717) is 5.17 Å². The molecule has 0 saturated heterocycles. The molecular formula is C8H16N4S. The smallest absolute Gasteiger partial charge is 0.177 e. The number of hydrogen-bond acceptors (Lipinski definition) is 4. The van der Waals surface area contributed by atoms with Crippen LogP contribution in [0.15, 0.2) is 5.10 Å². The molecule has 0 heterocycles. The first-order chi connectivity index (χ1) is 6.02. The van der Waals surface area contributed by atoms with E-state index in [2.05, 4.69) is 11.2 Å². The van der Waals surface area contributed by atoms with E-state index in [1.165, 1.54) is 11.8 Å². The van der Waals surface area contributed by atoms with E-state index < -0.39 is 0 Å². The zero-order valence-corrected chi connectivity index (χ0v) is 8.90. The summed E-state index contributed by atoms with van der Waals surface area (Å²) < 4.78 is 0. The van der Waals surface area contributed by atoms with Gasteiger partial charge >= 0.3 is 0 Å². The zero-order valence-electron chi connectivity index (χ0n) is 8.08. The first-order valence-electron chi connectivity index (χ1n) is 4.09. The summed E-state index contributed by atoms with van der Waals surface area (Å²) in [4.78, 5) is 0. The summed E-state index contributed by atoms with van der Waals surface area (Å²) in [6.45, 7) is 3.86. The lowest BCUT2D eigenvalue weighted by atomic mass is 9.90. The number of rotatable bonds is 4. The van der Waals surface area contributed by atoms with Crippen molar-refractivity contribution in [3.8, 4) is 6.07 Å². The van der Waals surface area contributed by atoms with Crippen molar-refractivity contribution in [2.24, 2.45) is 22.1 Å². The minimum absolute atomic E-state index is 0.241. The minimum Gasteiger partial charge on any atom is -0.377 e. The Morgan fingerprint density at radius 1 is 1.62 bits per heavy atom. The SMILES string of the molecule is CC(C)(C#N)CCCSC(N)=NN. The number of thioether (sulfide) groups is 1. The van der Waals surface area contributed by atoms with Crippen LogP contribution in [0.25, 0.3) is 0 Å². The summed E-state index contributed by atoms with van der Waals surface area (Å²) in [6, 6.07) is 2.25. The maximum atomic E-state index is 8.72. The molecule has 0 aromatic heterocycles. The second-order valence-corrected chi connectivity index (χ2v) is 4.53. The predicted molar refractivity (Wildman–Crippen MR) is 56.9 cm³/mol. The van der Waals surface area contributed by atoms with E-state index in [4.69, 9.17) is 16.8 Å². The fourth-order valence-electron chi connectivity index (χ4n) is 0.784. The molecule has 0 saturated carbocycles.